The van der Waals surface area contributed by atoms with Crippen LogP contribution in [0.15, 0.2) is 48.5 Å². The van der Waals surface area contributed by atoms with Crippen molar-refractivity contribution in [2.75, 3.05) is 0 Å². The SMILES string of the molecule is Cc1cc(/C=C(/C#N)c2ccc(Cl)c(Cl)c2)c(C)n1-c1ccccc1I. The second-order valence-electron chi connectivity index (χ2n) is 5.91. The fourth-order valence-corrected chi connectivity index (χ4v) is 3.86. The van der Waals surface area contributed by atoms with Crippen LogP contribution in [0.4, 0.5) is 0 Å². The Morgan fingerprint density at radius 1 is 1.08 bits per heavy atom. The molecule has 1 aromatic heterocycles. The molecule has 2 nitrogen and oxygen atoms in total. The summed E-state index contributed by atoms with van der Waals surface area (Å²) in [6.07, 6.45) is 1.90. The number of nitriles is 1. The number of hydrogen-bond donors (Lipinski definition) is 0. The first kappa shape index (κ1) is 19.0. The molecule has 26 heavy (non-hydrogen) atoms. The van der Waals surface area contributed by atoms with Crippen LogP contribution in [0, 0.1) is 28.7 Å². The Kier molecular flexibility index (Phi) is 5.76. The maximum atomic E-state index is 9.63. The normalized spacial score (nSPS) is 11.5. The van der Waals surface area contributed by atoms with Crippen molar-refractivity contribution in [1.82, 2.24) is 4.57 Å². The Hall–Kier alpha value is -1.74. The van der Waals surface area contributed by atoms with E-state index in [9.17, 15) is 5.26 Å². The van der Waals surface area contributed by atoms with Crippen LogP contribution in [0.3, 0.4) is 0 Å². The Morgan fingerprint density at radius 2 is 1.81 bits per heavy atom. The van der Waals surface area contributed by atoms with Gasteiger partial charge in [-0.25, -0.2) is 0 Å². The summed E-state index contributed by atoms with van der Waals surface area (Å²) in [6.45, 7) is 4.13. The van der Waals surface area contributed by atoms with Crippen molar-refractivity contribution in [3.8, 4) is 11.8 Å². The van der Waals surface area contributed by atoms with Gasteiger partial charge in [0.15, 0.2) is 0 Å². The molecule has 0 aliphatic rings. The van der Waals surface area contributed by atoms with Crippen LogP contribution in [-0.2, 0) is 0 Å². The van der Waals surface area contributed by atoms with Crippen LogP contribution in [-0.4, -0.2) is 4.57 Å². The van der Waals surface area contributed by atoms with Crippen molar-refractivity contribution >= 4 is 57.4 Å². The molecule has 3 rings (SSSR count). The molecule has 1 heterocycles. The summed E-state index contributed by atoms with van der Waals surface area (Å²) in [7, 11) is 0. The topological polar surface area (TPSA) is 28.7 Å². The molecule has 130 valence electrons. The van der Waals surface area contributed by atoms with Gasteiger partial charge in [0.25, 0.3) is 0 Å². The van der Waals surface area contributed by atoms with Gasteiger partial charge in [-0.2, -0.15) is 5.26 Å². The Morgan fingerprint density at radius 3 is 2.46 bits per heavy atom. The van der Waals surface area contributed by atoms with E-state index in [-0.39, 0.29) is 0 Å². The second-order valence-corrected chi connectivity index (χ2v) is 7.89. The minimum atomic E-state index is 0.439. The van der Waals surface area contributed by atoms with Gasteiger partial charge >= 0.3 is 0 Å². The van der Waals surface area contributed by atoms with Gasteiger partial charge in [-0.05, 0) is 84.0 Å². The van der Waals surface area contributed by atoms with E-state index in [1.54, 1.807) is 12.1 Å². The highest BCUT2D eigenvalue weighted by molar-refractivity contribution is 14.1. The van der Waals surface area contributed by atoms with E-state index in [0.29, 0.717) is 15.6 Å². The fraction of sp³-hybridized carbons (Fsp3) is 0.0952. The number of rotatable bonds is 3. The zero-order chi connectivity index (χ0) is 18.8. The molecule has 3 aromatic rings. The number of hydrogen-bond acceptors (Lipinski definition) is 1. The van der Waals surface area contributed by atoms with Gasteiger partial charge in [0, 0.05) is 15.0 Å². The molecule has 0 aliphatic carbocycles. The summed E-state index contributed by atoms with van der Waals surface area (Å²) in [5, 5.41) is 10.5. The molecule has 0 N–H and O–H groups in total. The average Bonchev–Trinajstić information content (AvgIpc) is 2.89. The molecule has 5 heteroatoms. The molecule has 0 fully saturated rings. The number of aryl methyl sites for hydroxylation is 1. The molecular weight excluding hydrogens is 478 g/mol. The lowest BCUT2D eigenvalue weighted by Crippen LogP contribution is -2.01. The maximum absolute atomic E-state index is 9.63. The number of allylic oxidation sites excluding steroid dienone is 1. The summed E-state index contributed by atoms with van der Waals surface area (Å²) in [5.74, 6) is 0. The van der Waals surface area contributed by atoms with Crippen molar-refractivity contribution in [3.63, 3.8) is 0 Å². The van der Waals surface area contributed by atoms with Gasteiger partial charge in [-0.3, -0.25) is 0 Å². The molecule has 0 bridgehead atoms. The Bertz CT molecular complexity index is 1060. The Labute approximate surface area is 176 Å². The molecule has 0 saturated heterocycles. The van der Waals surface area contributed by atoms with Gasteiger partial charge < -0.3 is 4.57 Å². The minimum absolute atomic E-state index is 0.439. The van der Waals surface area contributed by atoms with Gasteiger partial charge in [-0.15, -0.1) is 0 Å². The summed E-state index contributed by atoms with van der Waals surface area (Å²) < 4.78 is 3.38. The quantitative estimate of drug-likeness (QED) is 0.284. The van der Waals surface area contributed by atoms with Crippen LogP contribution < -0.4 is 0 Å². The van der Waals surface area contributed by atoms with Crippen LogP contribution in [0.5, 0.6) is 0 Å². The third-order valence-corrected chi connectivity index (χ3v) is 5.87. The predicted molar refractivity (Wildman–Crippen MR) is 118 cm³/mol. The van der Waals surface area contributed by atoms with Crippen LogP contribution in [0.1, 0.15) is 22.5 Å². The highest BCUT2D eigenvalue weighted by Crippen LogP contribution is 2.30. The summed E-state index contributed by atoms with van der Waals surface area (Å²) in [5.41, 5.74) is 5.64. The van der Waals surface area contributed by atoms with Crippen molar-refractivity contribution in [2.45, 2.75) is 13.8 Å². The summed E-state index contributed by atoms with van der Waals surface area (Å²) in [4.78, 5) is 0. The Balaban J connectivity index is 2.11. The minimum Gasteiger partial charge on any atom is -0.317 e. The monoisotopic (exact) mass is 492 g/mol. The van der Waals surface area contributed by atoms with Crippen molar-refractivity contribution in [2.24, 2.45) is 0 Å². The first-order valence-electron chi connectivity index (χ1n) is 7.93. The smallest absolute Gasteiger partial charge is 0.0998 e. The second kappa shape index (κ2) is 7.87. The van der Waals surface area contributed by atoms with E-state index in [0.717, 1.165) is 28.2 Å². The molecule has 0 aliphatic heterocycles. The largest absolute Gasteiger partial charge is 0.317 e. The third-order valence-electron chi connectivity index (χ3n) is 4.21. The average molecular weight is 493 g/mol. The van der Waals surface area contributed by atoms with Crippen molar-refractivity contribution in [1.29, 1.82) is 5.26 Å². The first-order valence-corrected chi connectivity index (χ1v) is 9.77. The lowest BCUT2D eigenvalue weighted by Gasteiger charge is -2.11. The predicted octanol–water partition coefficient (Wildman–Crippen LogP) is 7.07. The highest BCUT2D eigenvalue weighted by Gasteiger charge is 2.13. The summed E-state index contributed by atoms with van der Waals surface area (Å²) >= 11 is 14.4. The lowest BCUT2D eigenvalue weighted by molar-refractivity contribution is 0.958. The van der Waals surface area contributed by atoms with E-state index < -0.39 is 0 Å². The van der Waals surface area contributed by atoms with Crippen LogP contribution in [0.25, 0.3) is 17.3 Å². The van der Waals surface area contributed by atoms with Gasteiger partial charge in [0.1, 0.15) is 0 Å². The molecule has 0 amide bonds. The molecule has 0 atom stereocenters. The lowest BCUT2D eigenvalue weighted by atomic mass is 10.0. The van der Waals surface area contributed by atoms with Gasteiger partial charge in [0.2, 0.25) is 0 Å². The van der Waals surface area contributed by atoms with Gasteiger partial charge in [0.05, 0.1) is 27.4 Å². The van der Waals surface area contributed by atoms with Gasteiger partial charge in [-0.1, -0.05) is 41.4 Å². The molecule has 0 saturated carbocycles. The summed E-state index contributed by atoms with van der Waals surface area (Å²) in [6, 6.07) is 17.8. The van der Waals surface area contributed by atoms with E-state index in [2.05, 4.69) is 65.3 Å². The standard InChI is InChI=1S/C21H15Cl2IN2/c1-13-9-16(14(2)26(13)21-6-4-3-5-20(21)24)10-17(12-25)15-7-8-18(22)19(23)11-15/h3-11H,1-2H3/b17-10-. The van der Waals surface area contributed by atoms with Crippen LogP contribution >= 0.6 is 45.8 Å². The molecule has 0 spiro atoms. The van der Waals surface area contributed by atoms with E-state index in [1.165, 1.54) is 3.57 Å². The number of para-hydroxylation sites is 1. The number of halogens is 3. The maximum Gasteiger partial charge on any atom is 0.0998 e. The number of aromatic nitrogens is 1. The number of benzene rings is 2. The zero-order valence-electron chi connectivity index (χ0n) is 14.2. The van der Waals surface area contributed by atoms with E-state index >= 15 is 0 Å². The zero-order valence-corrected chi connectivity index (χ0v) is 17.9. The highest BCUT2D eigenvalue weighted by atomic mass is 127. The van der Waals surface area contributed by atoms with E-state index in [4.69, 9.17) is 23.2 Å². The fourth-order valence-electron chi connectivity index (χ4n) is 2.94. The number of nitrogens with zero attached hydrogens (tertiary/aromatic N) is 2. The van der Waals surface area contributed by atoms with Crippen molar-refractivity contribution < 1.29 is 0 Å². The molecular formula is C21H15Cl2IN2. The van der Waals surface area contributed by atoms with E-state index in [1.807, 2.05) is 24.3 Å². The molecule has 0 unspecified atom stereocenters. The third kappa shape index (κ3) is 3.68. The first-order chi connectivity index (χ1) is 12.4. The van der Waals surface area contributed by atoms with Crippen molar-refractivity contribution in [3.05, 3.63) is 84.7 Å². The molecule has 2 aromatic carbocycles. The molecule has 0 radical (unpaired) electrons. The van der Waals surface area contributed by atoms with Crippen LogP contribution in [0.2, 0.25) is 10.0 Å².